The lowest BCUT2D eigenvalue weighted by atomic mass is 9.93. The first-order valence-electron chi connectivity index (χ1n) is 10.00. The topological polar surface area (TPSA) is 70.1 Å². The van der Waals surface area contributed by atoms with E-state index in [1.165, 1.54) is 36.3 Å². The van der Waals surface area contributed by atoms with Crippen molar-refractivity contribution in [1.29, 1.82) is 0 Å². The van der Waals surface area contributed by atoms with Crippen LogP contribution in [-0.4, -0.2) is 60.9 Å². The van der Waals surface area contributed by atoms with Crippen LogP contribution >= 0.6 is 0 Å². The molecule has 1 heterocycles. The van der Waals surface area contributed by atoms with Gasteiger partial charge in [0, 0.05) is 13.1 Å². The minimum Gasteiger partial charge on any atom is -0.507 e. The number of aliphatic hydroxyl groups excluding tert-OH is 1. The summed E-state index contributed by atoms with van der Waals surface area (Å²) in [5.41, 5.74) is 2.53. The highest BCUT2D eigenvalue weighted by Gasteiger charge is 2.46. The molecule has 164 valence electrons. The van der Waals surface area contributed by atoms with Crippen molar-refractivity contribution >= 4 is 17.4 Å². The van der Waals surface area contributed by atoms with Crippen molar-refractivity contribution in [1.82, 2.24) is 9.80 Å². The summed E-state index contributed by atoms with van der Waals surface area (Å²) in [4.78, 5) is 29.3. The summed E-state index contributed by atoms with van der Waals surface area (Å²) in [7, 11) is 5.22. The van der Waals surface area contributed by atoms with Gasteiger partial charge in [-0.2, -0.15) is 0 Å². The Morgan fingerprint density at radius 2 is 1.81 bits per heavy atom. The Bertz CT molecular complexity index is 1040. The zero-order chi connectivity index (χ0) is 22.9. The van der Waals surface area contributed by atoms with E-state index in [0.29, 0.717) is 23.4 Å². The van der Waals surface area contributed by atoms with Gasteiger partial charge in [0.2, 0.25) is 0 Å². The molecule has 0 spiro atoms. The summed E-state index contributed by atoms with van der Waals surface area (Å²) < 4.78 is 19.0. The number of carbonyl (C=O) groups excluding carboxylic acids is 2. The summed E-state index contributed by atoms with van der Waals surface area (Å²) in [5.74, 6) is -1.76. The van der Waals surface area contributed by atoms with Crippen LogP contribution in [0.1, 0.15) is 28.3 Å². The van der Waals surface area contributed by atoms with E-state index in [1.54, 1.807) is 6.07 Å². The van der Waals surface area contributed by atoms with Crippen molar-refractivity contribution in [3.8, 4) is 5.75 Å². The van der Waals surface area contributed by atoms with Gasteiger partial charge in [0.25, 0.3) is 11.7 Å². The van der Waals surface area contributed by atoms with E-state index in [4.69, 9.17) is 4.74 Å². The van der Waals surface area contributed by atoms with Gasteiger partial charge < -0.3 is 19.6 Å². The van der Waals surface area contributed by atoms with Crippen molar-refractivity contribution in [2.45, 2.75) is 19.9 Å². The Labute approximate surface area is 181 Å². The molecule has 1 unspecified atom stereocenters. The number of Topliss-reactive ketones (excluding diaryl/α,β-unsaturated/α-hetero) is 1. The van der Waals surface area contributed by atoms with Crippen molar-refractivity contribution in [3.63, 3.8) is 0 Å². The highest BCUT2D eigenvalue weighted by molar-refractivity contribution is 6.46. The number of hydrogen-bond donors (Lipinski definition) is 1. The zero-order valence-corrected chi connectivity index (χ0v) is 18.4. The molecular formula is C24H27FN2O4. The van der Waals surface area contributed by atoms with Gasteiger partial charge in [0.1, 0.15) is 17.3 Å². The molecule has 2 aromatic rings. The molecule has 1 saturated heterocycles. The fourth-order valence-corrected chi connectivity index (χ4v) is 3.96. The molecule has 2 aromatic carbocycles. The Morgan fingerprint density at radius 1 is 1.16 bits per heavy atom. The second-order valence-electron chi connectivity index (χ2n) is 8.01. The molecule has 0 saturated carbocycles. The molecule has 7 heteroatoms. The number of halogens is 1. The average Bonchev–Trinajstić information content (AvgIpc) is 2.96. The van der Waals surface area contributed by atoms with Gasteiger partial charge in [-0.05, 0) is 62.8 Å². The fraction of sp³-hybridized carbons (Fsp3) is 0.333. The quantitative estimate of drug-likeness (QED) is 0.435. The molecule has 0 bridgehead atoms. The number of likely N-dealkylation sites (N-methyl/N-ethyl adjacent to an activating group) is 1. The smallest absolute Gasteiger partial charge is 0.295 e. The molecule has 1 aliphatic rings. The Morgan fingerprint density at radius 3 is 2.39 bits per heavy atom. The molecule has 0 aliphatic carbocycles. The van der Waals surface area contributed by atoms with Gasteiger partial charge in [-0.3, -0.25) is 9.59 Å². The lowest BCUT2D eigenvalue weighted by Crippen LogP contribution is -2.35. The van der Waals surface area contributed by atoms with Crippen LogP contribution in [0.2, 0.25) is 0 Å². The number of aryl methyl sites for hydroxylation is 2. The molecular weight excluding hydrogens is 399 g/mol. The lowest BCUT2D eigenvalue weighted by Gasteiger charge is -2.26. The number of methoxy groups -OCH3 is 1. The highest BCUT2D eigenvalue weighted by Crippen LogP contribution is 2.41. The lowest BCUT2D eigenvalue weighted by molar-refractivity contribution is -0.140. The Kier molecular flexibility index (Phi) is 6.45. The number of nitrogens with zero attached hydrogens (tertiary/aromatic N) is 2. The third kappa shape index (κ3) is 4.32. The molecule has 6 nitrogen and oxygen atoms in total. The van der Waals surface area contributed by atoms with Gasteiger partial charge in [-0.25, -0.2) is 4.39 Å². The number of carbonyl (C=O) groups is 2. The van der Waals surface area contributed by atoms with E-state index >= 15 is 0 Å². The van der Waals surface area contributed by atoms with Crippen molar-refractivity contribution in [2.24, 2.45) is 0 Å². The van der Waals surface area contributed by atoms with Gasteiger partial charge in [-0.1, -0.05) is 18.2 Å². The molecule has 0 aromatic heterocycles. The van der Waals surface area contributed by atoms with Crippen LogP contribution < -0.4 is 4.74 Å². The normalized spacial score (nSPS) is 18.2. The Balaban J connectivity index is 2.23. The first kappa shape index (κ1) is 22.5. The van der Waals surface area contributed by atoms with E-state index in [2.05, 4.69) is 0 Å². The summed E-state index contributed by atoms with van der Waals surface area (Å²) in [6.45, 7) is 4.52. The van der Waals surface area contributed by atoms with Crippen LogP contribution in [-0.2, 0) is 9.59 Å². The number of ketones is 1. The first-order chi connectivity index (χ1) is 14.6. The third-order valence-corrected chi connectivity index (χ3v) is 5.39. The first-order valence-corrected chi connectivity index (χ1v) is 10.00. The molecule has 1 aliphatic heterocycles. The number of amides is 1. The summed E-state index contributed by atoms with van der Waals surface area (Å²) in [6, 6.07) is 8.41. The molecule has 1 amide bonds. The van der Waals surface area contributed by atoms with E-state index in [0.717, 1.165) is 11.1 Å². The average molecular weight is 426 g/mol. The number of rotatable bonds is 6. The van der Waals surface area contributed by atoms with E-state index < -0.39 is 23.5 Å². The largest absolute Gasteiger partial charge is 0.507 e. The molecule has 0 radical (unpaired) electrons. The van der Waals surface area contributed by atoms with Gasteiger partial charge in [0.15, 0.2) is 0 Å². The number of benzene rings is 2. The van der Waals surface area contributed by atoms with E-state index in [9.17, 15) is 19.1 Å². The zero-order valence-electron chi connectivity index (χ0n) is 18.4. The molecule has 1 fully saturated rings. The predicted octanol–water partition coefficient (Wildman–Crippen LogP) is 3.43. The predicted molar refractivity (Wildman–Crippen MR) is 116 cm³/mol. The van der Waals surface area contributed by atoms with E-state index in [-0.39, 0.29) is 17.9 Å². The van der Waals surface area contributed by atoms with Crippen LogP contribution in [0, 0.1) is 19.7 Å². The summed E-state index contributed by atoms with van der Waals surface area (Å²) in [5, 5.41) is 11.3. The van der Waals surface area contributed by atoms with Gasteiger partial charge in [-0.15, -0.1) is 0 Å². The van der Waals surface area contributed by atoms with Crippen LogP contribution in [0.15, 0.2) is 42.0 Å². The number of aliphatic hydroxyl groups is 1. The maximum Gasteiger partial charge on any atom is 0.295 e. The summed E-state index contributed by atoms with van der Waals surface area (Å²) >= 11 is 0. The van der Waals surface area contributed by atoms with Crippen LogP contribution in [0.25, 0.3) is 5.76 Å². The number of hydrogen-bond acceptors (Lipinski definition) is 5. The minimum absolute atomic E-state index is 0.0290. The highest BCUT2D eigenvalue weighted by atomic mass is 19.1. The fourth-order valence-electron chi connectivity index (χ4n) is 3.96. The summed E-state index contributed by atoms with van der Waals surface area (Å²) in [6.07, 6.45) is 0. The number of ether oxygens (including phenoxy) is 1. The van der Waals surface area contributed by atoms with Gasteiger partial charge >= 0.3 is 0 Å². The van der Waals surface area contributed by atoms with Crippen LogP contribution in [0.4, 0.5) is 4.39 Å². The minimum atomic E-state index is -0.828. The molecule has 1 N–H and O–H groups in total. The van der Waals surface area contributed by atoms with Crippen molar-refractivity contribution in [3.05, 3.63) is 70.0 Å². The standard InChI is InChI=1S/C24H27FN2O4/c1-14-12-15(2)23(31-5)18(13-14)21(28)19-20(16-6-8-17(25)9-7-16)27(11-10-26(3)4)24(30)22(19)29/h6-9,12-13,20,28H,10-11H2,1-5H3/b21-19+. The van der Waals surface area contributed by atoms with Gasteiger partial charge in [0.05, 0.1) is 24.3 Å². The van der Waals surface area contributed by atoms with Crippen molar-refractivity contribution in [2.75, 3.05) is 34.3 Å². The molecule has 31 heavy (non-hydrogen) atoms. The Hall–Kier alpha value is -3.19. The van der Waals surface area contributed by atoms with Crippen LogP contribution in [0.5, 0.6) is 5.75 Å². The van der Waals surface area contributed by atoms with Crippen LogP contribution in [0.3, 0.4) is 0 Å². The number of likely N-dealkylation sites (tertiary alicyclic amines) is 1. The SMILES string of the molecule is COc1c(C)cc(C)cc1/C(O)=C1\C(=O)C(=O)N(CCN(C)C)C1c1ccc(F)cc1. The maximum absolute atomic E-state index is 13.6. The monoisotopic (exact) mass is 426 g/mol. The second-order valence-corrected chi connectivity index (χ2v) is 8.01. The van der Waals surface area contributed by atoms with Crippen molar-refractivity contribution < 1.29 is 23.8 Å². The molecule has 1 atom stereocenters. The molecule has 3 rings (SSSR count). The van der Waals surface area contributed by atoms with E-state index in [1.807, 2.05) is 38.9 Å². The second kappa shape index (κ2) is 8.89. The maximum atomic E-state index is 13.6. The third-order valence-electron chi connectivity index (χ3n) is 5.39.